The number of thiazole rings is 1. The zero-order valence-electron chi connectivity index (χ0n) is 10.5. The molecule has 2 aromatic rings. The Bertz CT molecular complexity index is 569. The summed E-state index contributed by atoms with van der Waals surface area (Å²) in [6.45, 7) is 3.90. The molecule has 0 saturated heterocycles. The summed E-state index contributed by atoms with van der Waals surface area (Å²) in [5.41, 5.74) is 3.00. The van der Waals surface area contributed by atoms with Crippen LogP contribution in [0.4, 0.5) is 10.8 Å². The highest BCUT2D eigenvalue weighted by Gasteiger charge is 2.17. The minimum atomic E-state index is -0.368. The van der Waals surface area contributed by atoms with Crippen molar-refractivity contribution >= 4 is 28.1 Å². The molecular formula is C11H14N6OS. The lowest BCUT2D eigenvalue weighted by atomic mass is 10.2. The molecule has 0 aliphatic rings. The number of rotatable bonds is 4. The summed E-state index contributed by atoms with van der Waals surface area (Å²) in [5.74, 6) is 5.71. The smallest absolute Gasteiger partial charge is 0.278 e. The molecule has 0 fully saturated rings. The number of nitrogens with two attached hydrogens (primary N) is 1. The SMILES string of the molecule is CC(C)c1ncc(NN)c(C(=O)Nc2nccs2)n1. The van der Waals surface area contributed by atoms with Crippen LogP contribution >= 0.6 is 11.3 Å². The van der Waals surface area contributed by atoms with Crippen LogP contribution in [0.1, 0.15) is 36.1 Å². The van der Waals surface area contributed by atoms with Crippen LogP contribution in [0.5, 0.6) is 0 Å². The molecule has 7 nitrogen and oxygen atoms in total. The van der Waals surface area contributed by atoms with Crippen LogP contribution < -0.4 is 16.6 Å². The van der Waals surface area contributed by atoms with Crippen LogP contribution in [-0.4, -0.2) is 20.9 Å². The van der Waals surface area contributed by atoms with Gasteiger partial charge in [0.2, 0.25) is 0 Å². The Morgan fingerprint density at radius 1 is 1.42 bits per heavy atom. The van der Waals surface area contributed by atoms with Crippen molar-refractivity contribution < 1.29 is 4.79 Å². The van der Waals surface area contributed by atoms with E-state index in [9.17, 15) is 4.79 Å². The van der Waals surface area contributed by atoms with Gasteiger partial charge in [-0.15, -0.1) is 11.3 Å². The molecule has 0 aliphatic carbocycles. The summed E-state index contributed by atoms with van der Waals surface area (Å²) in [4.78, 5) is 24.5. The average Bonchev–Trinajstić information content (AvgIpc) is 2.90. The molecule has 19 heavy (non-hydrogen) atoms. The lowest BCUT2D eigenvalue weighted by molar-refractivity contribution is 0.102. The van der Waals surface area contributed by atoms with Gasteiger partial charge in [0, 0.05) is 17.5 Å². The predicted molar refractivity (Wildman–Crippen MR) is 74.0 cm³/mol. The Kier molecular flexibility index (Phi) is 4.03. The lowest BCUT2D eigenvalue weighted by Gasteiger charge is -2.10. The summed E-state index contributed by atoms with van der Waals surface area (Å²) in [6.07, 6.45) is 3.11. The zero-order valence-corrected chi connectivity index (χ0v) is 11.4. The number of hydrogen-bond donors (Lipinski definition) is 3. The van der Waals surface area contributed by atoms with Gasteiger partial charge < -0.3 is 5.43 Å². The van der Waals surface area contributed by atoms with Gasteiger partial charge in [-0.25, -0.2) is 15.0 Å². The van der Waals surface area contributed by atoms with Gasteiger partial charge in [0.05, 0.1) is 11.9 Å². The third-order valence-corrected chi connectivity index (χ3v) is 3.04. The van der Waals surface area contributed by atoms with E-state index in [0.29, 0.717) is 16.6 Å². The molecule has 0 radical (unpaired) electrons. The molecule has 0 bridgehead atoms. The Balaban J connectivity index is 2.30. The number of nitrogen functional groups attached to an aromatic ring is 1. The minimum absolute atomic E-state index is 0.123. The van der Waals surface area contributed by atoms with Gasteiger partial charge in [-0.1, -0.05) is 13.8 Å². The van der Waals surface area contributed by atoms with Gasteiger partial charge >= 0.3 is 0 Å². The predicted octanol–water partition coefficient (Wildman–Crippen LogP) is 1.59. The Labute approximate surface area is 114 Å². The van der Waals surface area contributed by atoms with Gasteiger partial charge in [0.15, 0.2) is 10.8 Å². The molecule has 2 heterocycles. The maximum atomic E-state index is 12.1. The highest BCUT2D eigenvalue weighted by molar-refractivity contribution is 7.13. The van der Waals surface area contributed by atoms with Crippen molar-refractivity contribution in [3.05, 3.63) is 29.3 Å². The standard InChI is InChI=1S/C11H14N6OS/c1-6(2)9-14-5-7(17-12)8(15-9)10(18)16-11-13-3-4-19-11/h3-6,17H,12H2,1-2H3,(H,13,16,18). The van der Waals surface area contributed by atoms with Crippen molar-refractivity contribution in [2.75, 3.05) is 10.7 Å². The second-order valence-corrected chi connectivity index (χ2v) is 4.98. The fraction of sp³-hybridized carbons (Fsp3) is 0.273. The lowest BCUT2D eigenvalue weighted by Crippen LogP contribution is -2.20. The summed E-state index contributed by atoms with van der Waals surface area (Å²) < 4.78 is 0. The van der Waals surface area contributed by atoms with Gasteiger partial charge in [-0.3, -0.25) is 16.0 Å². The van der Waals surface area contributed by atoms with E-state index in [2.05, 4.69) is 25.7 Å². The molecule has 0 saturated carbocycles. The quantitative estimate of drug-likeness (QED) is 0.579. The first-order valence-corrected chi connectivity index (χ1v) is 6.54. The summed E-state index contributed by atoms with van der Waals surface area (Å²) in [6, 6.07) is 0. The molecule has 0 aliphatic heterocycles. The van der Waals surface area contributed by atoms with Gasteiger partial charge in [0.25, 0.3) is 5.91 Å². The molecule has 4 N–H and O–H groups in total. The third-order valence-electron chi connectivity index (χ3n) is 2.35. The summed E-state index contributed by atoms with van der Waals surface area (Å²) >= 11 is 1.33. The molecular weight excluding hydrogens is 264 g/mol. The molecule has 8 heteroatoms. The fourth-order valence-electron chi connectivity index (χ4n) is 1.39. The Morgan fingerprint density at radius 3 is 2.79 bits per heavy atom. The number of carbonyl (C=O) groups is 1. The zero-order chi connectivity index (χ0) is 13.8. The first kappa shape index (κ1) is 13.4. The maximum Gasteiger partial charge on any atom is 0.278 e. The van der Waals surface area contributed by atoms with E-state index >= 15 is 0 Å². The van der Waals surface area contributed by atoms with E-state index in [1.54, 1.807) is 11.6 Å². The molecule has 0 unspecified atom stereocenters. The summed E-state index contributed by atoms with van der Waals surface area (Å²) in [5, 5.41) is 4.95. The van der Waals surface area contributed by atoms with E-state index in [1.807, 2.05) is 13.8 Å². The molecule has 0 aromatic carbocycles. The van der Waals surface area contributed by atoms with Crippen LogP contribution in [0, 0.1) is 0 Å². The summed E-state index contributed by atoms with van der Waals surface area (Å²) in [7, 11) is 0. The van der Waals surface area contributed by atoms with E-state index in [-0.39, 0.29) is 17.5 Å². The highest BCUT2D eigenvalue weighted by atomic mass is 32.1. The largest absolute Gasteiger partial charge is 0.321 e. The monoisotopic (exact) mass is 278 g/mol. The molecule has 0 spiro atoms. The van der Waals surface area contributed by atoms with Crippen molar-refractivity contribution in [1.29, 1.82) is 0 Å². The number of carbonyl (C=O) groups excluding carboxylic acids is 1. The Hall–Kier alpha value is -2.06. The number of anilines is 2. The van der Waals surface area contributed by atoms with E-state index in [0.717, 1.165) is 0 Å². The van der Waals surface area contributed by atoms with Crippen LogP contribution in [0.3, 0.4) is 0 Å². The average molecular weight is 278 g/mol. The molecule has 2 aromatic heterocycles. The van der Waals surface area contributed by atoms with Crippen LogP contribution in [0.25, 0.3) is 0 Å². The topological polar surface area (TPSA) is 106 Å². The van der Waals surface area contributed by atoms with Gasteiger partial charge in [-0.2, -0.15) is 0 Å². The number of hydrazine groups is 1. The van der Waals surface area contributed by atoms with Crippen molar-refractivity contribution in [2.45, 2.75) is 19.8 Å². The number of amides is 1. The minimum Gasteiger partial charge on any atom is -0.321 e. The molecule has 1 amide bonds. The molecule has 100 valence electrons. The number of nitrogens with zero attached hydrogens (tertiary/aromatic N) is 3. The first-order chi connectivity index (χ1) is 9.11. The number of hydrogen-bond acceptors (Lipinski definition) is 7. The molecule has 0 atom stereocenters. The van der Waals surface area contributed by atoms with E-state index in [4.69, 9.17) is 5.84 Å². The van der Waals surface area contributed by atoms with Gasteiger partial charge in [0.1, 0.15) is 5.82 Å². The van der Waals surface area contributed by atoms with Crippen LogP contribution in [0.2, 0.25) is 0 Å². The maximum absolute atomic E-state index is 12.1. The van der Waals surface area contributed by atoms with Crippen molar-refractivity contribution in [3.63, 3.8) is 0 Å². The molecule has 2 rings (SSSR count). The fourth-order valence-corrected chi connectivity index (χ4v) is 1.92. The second kappa shape index (κ2) is 5.72. The van der Waals surface area contributed by atoms with E-state index < -0.39 is 0 Å². The number of aromatic nitrogens is 3. The van der Waals surface area contributed by atoms with Crippen molar-refractivity contribution in [1.82, 2.24) is 15.0 Å². The number of nitrogens with one attached hydrogen (secondary N) is 2. The van der Waals surface area contributed by atoms with Gasteiger partial charge in [-0.05, 0) is 0 Å². The first-order valence-electron chi connectivity index (χ1n) is 5.66. The van der Waals surface area contributed by atoms with Crippen molar-refractivity contribution in [2.24, 2.45) is 5.84 Å². The van der Waals surface area contributed by atoms with E-state index in [1.165, 1.54) is 17.5 Å². The highest BCUT2D eigenvalue weighted by Crippen LogP contribution is 2.18. The van der Waals surface area contributed by atoms with Crippen LogP contribution in [0.15, 0.2) is 17.8 Å². The van der Waals surface area contributed by atoms with Crippen LogP contribution in [-0.2, 0) is 0 Å². The van der Waals surface area contributed by atoms with Crippen molar-refractivity contribution in [3.8, 4) is 0 Å². The second-order valence-electron chi connectivity index (χ2n) is 4.08. The third kappa shape index (κ3) is 3.04. The Morgan fingerprint density at radius 2 is 2.21 bits per heavy atom. The normalized spacial score (nSPS) is 10.5.